The fourth-order valence-electron chi connectivity index (χ4n) is 1.49. The highest BCUT2D eigenvalue weighted by Gasteiger charge is 2.08. The number of H-pyrrole nitrogens is 2. The van der Waals surface area contributed by atoms with Crippen LogP contribution >= 0.6 is 0 Å². The van der Waals surface area contributed by atoms with Crippen molar-refractivity contribution in [3.8, 4) is 0 Å². The van der Waals surface area contributed by atoms with E-state index >= 15 is 0 Å². The highest BCUT2D eigenvalue weighted by Crippen LogP contribution is 2.04. The van der Waals surface area contributed by atoms with E-state index in [1.54, 1.807) is 13.1 Å². The van der Waals surface area contributed by atoms with Crippen LogP contribution in [0, 0.1) is 0 Å². The molecule has 0 spiro atoms. The number of nitrogens with zero attached hydrogens (tertiary/aromatic N) is 2. The second-order valence-corrected chi connectivity index (χ2v) is 3.60. The number of aromatic amines is 2. The van der Waals surface area contributed by atoms with Crippen LogP contribution in [-0.4, -0.2) is 33.1 Å². The third-order valence-corrected chi connectivity index (χ3v) is 2.37. The molecule has 3 N–H and O–H groups in total. The third kappa shape index (κ3) is 2.04. The van der Waals surface area contributed by atoms with Crippen molar-refractivity contribution >= 4 is 17.2 Å². The molecule has 0 aliphatic rings. The Morgan fingerprint density at radius 2 is 2.18 bits per heavy atom. The molecule has 0 radical (unpaired) electrons. The molecule has 7 nitrogen and oxygen atoms in total. The molecule has 7 heteroatoms. The number of aromatic nitrogens is 4. The van der Waals surface area contributed by atoms with Gasteiger partial charge in [-0.25, -0.2) is 9.78 Å². The lowest BCUT2D eigenvalue weighted by atomic mass is 10.5. The fraction of sp³-hybridized carbons (Fsp3) is 0.300. The maximum atomic E-state index is 11.5. The molecule has 0 aromatic carbocycles. The number of aryl methyl sites for hydroxylation is 1. The molecule has 0 aliphatic carbocycles. The van der Waals surface area contributed by atoms with Crippen LogP contribution in [0.1, 0.15) is 5.82 Å². The van der Waals surface area contributed by atoms with Crippen molar-refractivity contribution in [3.05, 3.63) is 32.7 Å². The minimum Gasteiger partial charge on any atom is -0.333 e. The van der Waals surface area contributed by atoms with Crippen LogP contribution in [0.5, 0.6) is 0 Å². The lowest BCUT2D eigenvalue weighted by Gasteiger charge is -1.94. The summed E-state index contributed by atoms with van der Waals surface area (Å²) < 4.78 is 1.29. The van der Waals surface area contributed by atoms with Gasteiger partial charge in [-0.1, -0.05) is 6.08 Å². The average molecular weight is 235 g/mol. The van der Waals surface area contributed by atoms with Crippen LogP contribution < -0.4 is 16.6 Å². The molecule has 0 aliphatic heterocycles. The molecule has 0 amide bonds. The van der Waals surface area contributed by atoms with E-state index in [-0.39, 0.29) is 0 Å². The summed E-state index contributed by atoms with van der Waals surface area (Å²) in [7, 11) is 3.39. The smallest absolute Gasteiger partial charge is 0.329 e. The van der Waals surface area contributed by atoms with Gasteiger partial charge in [-0.05, 0) is 13.1 Å². The van der Waals surface area contributed by atoms with Crippen molar-refractivity contribution in [2.75, 3.05) is 13.6 Å². The molecular formula is C10H13N5O2. The molecule has 0 bridgehead atoms. The average Bonchev–Trinajstić information content (AvgIpc) is 2.71. The van der Waals surface area contributed by atoms with Gasteiger partial charge in [0.1, 0.15) is 11.3 Å². The number of rotatable bonds is 3. The largest absolute Gasteiger partial charge is 0.333 e. The van der Waals surface area contributed by atoms with Crippen molar-refractivity contribution in [2.45, 2.75) is 0 Å². The van der Waals surface area contributed by atoms with Gasteiger partial charge in [0.25, 0.3) is 5.56 Å². The summed E-state index contributed by atoms with van der Waals surface area (Å²) in [4.78, 5) is 32.1. The van der Waals surface area contributed by atoms with Crippen LogP contribution in [0.2, 0.25) is 0 Å². The van der Waals surface area contributed by atoms with Crippen molar-refractivity contribution in [1.82, 2.24) is 24.8 Å². The standard InChI is InChI=1S/C10H13N5O2/c1-11-5-3-4-6-12-7-8(13-6)15(2)10(17)14-9(7)16/h3-4,11H,5H2,1-2H3,(H,12,13)(H,14,16,17). The van der Waals surface area contributed by atoms with Crippen LogP contribution in [0.15, 0.2) is 15.7 Å². The predicted octanol–water partition coefficient (Wildman–Crippen LogP) is -0.817. The van der Waals surface area contributed by atoms with Crippen molar-refractivity contribution in [1.29, 1.82) is 0 Å². The molecule has 0 unspecified atom stereocenters. The normalized spacial score (nSPS) is 11.6. The lowest BCUT2D eigenvalue weighted by molar-refractivity contribution is 0.832. The first-order valence-corrected chi connectivity index (χ1v) is 5.13. The Bertz CT molecular complexity index is 676. The van der Waals surface area contributed by atoms with Crippen molar-refractivity contribution < 1.29 is 0 Å². The summed E-state index contributed by atoms with van der Waals surface area (Å²) in [5.41, 5.74) is -0.275. The van der Waals surface area contributed by atoms with Crippen LogP contribution in [0.3, 0.4) is 0 Å². The zero-order chi connectivity index (χ0) is 12.4. The molecule has 0 atom stereocenters. The van der Waals surface area contributed by atoms with E-state index in [0.29, 0.717) is 23.5 Å². The Kier molecular flexibility index (Phi) is 2.92. The summed E-state index contributed by atoms with van der Waals surface area (Å²) >= 11 is 0. The van der Waals surface area contributed by atoms with Gasteiger partial charge in [-0.3, -0.25) is 14.3 Å². The zero-order valence-electron chi connectivity index (χ0n) is 9.57. The molecule has 2 aromatic heterocycles. The van der Waals surface area contributed by atoms with E-state index in [1.807, 2.05) is 13.1 Å². The van der Waals surface area contributed by atoms with E-state index in [2.05, 4.69) is 20.3 Å². The number of hydrogen-bond donors (Lipinski definition) is 3. The molecule has 17 heavy (non-hydrogen) atoms. The van der Waals surface area contributed by atoms with Gasteiger partial charge in [-0.2, -0.15) is 0 Å². The van der Waals surface area contributed by atoms with Gasteiger partial charge >= 0.3 is 5.69 Å². The van der Waals surface area contributed by atoms with Gasteiger partial charge in [0, 0.05) is 13.6 Å². The van der Waals surface area contributed by atoms with Crippen LogP contribution in [0.4, 0.5) is 0 Å². The Labute approximate surface area is 96.2 Å². The second kappa shape index (κ2) is 4.38. The SMILES string of the molecule is CNCC=Cc1nc2c([nH]1)c(=O)[nH]c(=O)n2C. The van der Waals surface area contributed by atoms with Crippen molar-refractivity contribution in [3.63, 3.8) is 0 Å². The molecule has 90 valence electrons. The predicted molar refractivity (Wildman–Crippen MR) is 64.9 cm³/mol. The van der Waals surface area contributed by atoms with E-state index in [4.69, 9.17) is 0 Å². The summed E-state index contributed by atoms with van der Waals surface area (Å²) in [5, 5.41) is 2.95. The first-order chi connectivity index (χ1) is 8.13. The van der Waals surface area contributed by atoms with Gasteiger partial charge in [0.2, 0.25) is 0 Å². The zero-order valence-corrected chi connectivity index (χ0v) is 9.57. The summed E-state index contributed by atoms with van der Waals surface area (Å²) in [5.74, 6) is 0.543. The number of hydrogen-bond acceptors (Lipinski definition) is 4. The van der Waals surface area contributed by atoms with Gasteiger partial charge in [0.15, 0.2) is 5.65 Å². The van der Waals surface area contributed by atoms with Crippen LogP contribution in [0.25, 0.3) is 17.2 Å². The van der Waals surface area contributed by atoms with E-state index in [1.165, 1.54) is 4.57 Å². The monoisotopic (exact) mass is 235 g/mol. The molecule has 0 saturated heterocycles. The second-order valence-electron chi connectivity index (χ2n) is 3.60. The number of fused-ring (bicyclic) bond motifs is 1. The Morgan fingerprint density at radius 1 is 1.41 bits per heavy atom. The highest BCUT2D eigenvalue weighted by molar-refractivity contribution is 5.71. The molecule has 2 aromatic rings. The molecule has 2 rings (SSSR count). The molecular weight excluding hydrogens is 222 g/mol. The maximum absolute atomic E-state index is 11.5. The fourth-order valence-corrected chi connectivity index (χ4v) is 1.49. The van der Waals surface area contributed by atoms with Crippen molar-refractivity contribution in [2.24, 2.45) is 7.05 Å². The van der Waals surface area contributed by atoms with E-state index in [9.17, 15) is 9.59 Å². The molecule has 0 saturated carbocycles. The number of nitrogens with one attached hydrogen (secondary N) is 3. The molecule has 2 heterocycles. The maximum Gasteiger partial charge on any atom is 0.329 e. The first-order valence-electron chi connectivity index (χ1n) is 5.13. The Morgan fingerprint density at radius 3 is 2.88 bits per heavy atom. The number of likely N-dealkylation sites (N-methyl/N-ethyl adjacent to an activating group) is 1. The quantitative estimate of drug-likeness (QED) is 0.648. The Hall–Kier alpha value is -2.15. The summed E-state index contributed by atoms with van der Waals surface area (Å²) in [6, 6.07) is 0. The highest BCUT2D eigenvalue weighted by atomic mass is 16.2. The van der Waals surface area contributed by atoms with Gasteiger partial charge in [0.05, 0.1) is 0 Å². The van der Waals surface area contributed by atoms with Gasteiger partial charge < -0.3 is 10.3 Å². The molecule has 0 fully saturated rings. The summed E-state index contributed by atoms with van der Waals surface area (Å²) in [6.45, 7) is 0.701. The Balaban J connectivity index is 2.58. The first kappa shape index (κ1) is 11.3. The van der Waals surface area contributed by atoms with Crippen LogP contribution in [-0.2, 0) is 7.05 Å². The topological polar surface area (TPSA) is 95.6 Å². The minimum absolute atomic E-state index is 0.302. The number of imidazole rings is 1. The minimum atomic E-state index is -0.472. The summed E-state index contributed by atoms with van der Waals surface area (Å²) in [6.07, 6.45) is 3.62. The van der Waals surface area contributed by atoms with Gasteiger partial charge in [-0.15, -0.1) is 0 Å². The van der Waals surface area contributed by atoms with E-state index < -0.39 is 11.2 Å². The van der Waals surface area contributed by atoms with E-state index in [0.717, 1.165) is 0 Å². The lowest BCUT2D eigenvalue weighted by Crippen LogP contribution is -2.28. The third-order valence-electron chi connectivity index (χ3n) is 2.37.